The van der Waals surface area contributed by atoms with Crippen LogP contribution in [0.15, 0.2) is 28.3 Å². The van der Waals surface area contributed by atoms with Crippen LogP contribution in [0.3, 0.4) is 0 Å². The number of hydrazine groups is 1. The summed E-state index contributed by atoms with van der Waals surface area (Å²) in [5.74, 6) is -5.30. The first-order chi connectivity index (χ1) is 13.3. The average Bonchev–Trinajstić information content (AvgIpc) is 3.00. The number of hydrogen-bond acceptors (Lipinski definition) is 3. The van der Waals surface area contributed by atoms with Crippen molar-refractivity contribution in [2.45, 2.75) is 14.1 Å². The number of amides is 3. The third-order valence-electron chi connectivity index (χ3n) is 5.30. The second-order valence-electron chi connectivity index (χ2n) is 6.66. The third-order valence-corrected chi connectivity index (χ3v) is 10.1. The summed E-state index contributed by atoms with van der Waals surface area (Å²) in [6, 6.07) is 4.09. The number of nitrogens with zero attached hydrogens (tertiary/aromatic N) is 1. The number of allylic oxidation sites excluding steroid dienone is 2. The second kappa shape index (κ2) is 6.69. The number of nitrogens with one attached hydrogen (secondary N) is 1. The average molecular weight is 558 g/mol. The van der Waals surface area contributed by atoms with Gasteiger partial charge in [0.2, 0.25) is 0 Å². The highest BCUT2D eigenvalue weighted by atomic mass is 35.5. The number of carbonyl (C=O) groups excluding carboxylic acids is 3. The lowest BCUT2D eigenvalue weighted by molar-refractivity contribution is -0.143. The second-order valence-corrected chi connectivity index (χ2v) is 10.8. The number of hydrogen-bond donors (Lipinski definition) is 1. The van der Waals surface area contributed by atoms with E-state index in [9.17, 15) is 14.4 Å². The monoisotopic (exact) mass is 554 g/mol. The molecule has 3 aliphatic rings. The molecule has 5 nitrogen and oxygen atoms in total. The third kappa shape index (κ3) is 2.48. The lowest BCUT2D eigenvalue weighted by Crippen LogP contribution is -2.54. The Balaban J connectivity index is 1.72. The molecule has 29 heavy (non-hydrogen) atoms. The maximum absolute atomic E-state index is 13.0. The molecule has 1 aromatic rings. The predicted octanol–water partition coefficient (Wildman–Crippen LogP) is 5.08. The highest BCUT2D eigenvalue weighted by Gasteiger charge is 2.87. The van der Waals surface area contributed by atoms with Gasteiger partial charge in [0.15, 0.2) is 4.33 Å². The molecular weight excluding hydrogens is 552 g/mol. The molecule has 1 saturated carbocycles. The minimum absolute atomic E-state index is 0.0175. The van der Waals surface area contributed by atoms with Gasteiger partial charge in [-0.25, -0.2) is 0 Å². The fraction of sp³-hybridized carbons (Fsp3) is 0.312. The summed E-state index contributed by atoms with van der Waals surface area (Å²) < 4.78 is -2.05. The number of rotatable bonds is 2. The summed E-state index contributed by atoms with van der Waals surface area (Å²) in [6.07, 6.45) is 0. The van der Waals surface area contributed by atoms with Gasteiger partial charge in [-0.2, -0.15) is 5.01 Å². The zero-order chi connectivity index (χ0) is 21.7. The van der Waals surface area contributed by atoms with Gasteiger partial charge in [0.1, 0.15) is 9.75 Å². The van der Waals surface area contributed by atoms with Gasteiger partial charge in [0.25, 0.3) is 17.7 Å². The van der Waals surface area contributed by atoms with Crippen molar-refractivity contribution in [3.05, 3.63) is 43.9 Å². The molecule has 4 atom stereocenters. The van der Waals surface area contributed by atoms with Crippen LogP contribution in [-0.4, -0.2) is 36.8 Å². The van der Waals surface area contributed by atoms with Crippen LogP contribution >= 0.6 is 92.8 Å². The van der Waals surface area contributed by atoms with E-state index in [0.29, 0.717) is 10.0 Å². The SMILES string of the molecule is O=C(NN1C(=O)[C@@H]2[C@H](C1=O)[C@@]1(Cl)C(Cl)=C(Cl)[C@@]2(Cl)C1(Cl)Cl)c1ccc(Cl)cc1Cl. The van der Waals surface area contributed by atoms with Crippen LogP contribution in [0.4, 0.5) is 0 Å². The molecule has 2 fully saturated rings. The Bertz CT molecular complexity index is 997. The Morgan fingerprint density at radius 2 is 1.38 bits per heavy atom. The molecule has 2 aliphatic carbocycles. The fourth-order valence-electron chi connectivity index (χ4n) is 3.94. The van der Waals surface area contributed by atoms with Gasteiger partial charge in [-0.15, -0.1) is 23.2 Å². The first kappa shape index (κ1) is 22.1. The normalized spacial score (nSPS) is 34.8. The van der Waals surface area contributed by atoms with E-state index in [0.717, 1.165) is 0 Å². The summed E-state index contributed by atoms with van der Waals surface area (Å²) >= 11 is 50.1. The highest BCUT2D eigenvalue weighted by Crippen LogP contribution is 2.77. The molecule has 1 aliphatic heterocycles. The van der Waals surface area contributed by atoms with Crippen molar-refractivity contribution in [1.82, 2.24) is 10.4 Å². The van der Waals surface area contributed by atoms with E-state index in [1.165, 1.54) is 18.2 Å². The smallest absolute Gasteiger partial charge is 0.271 e. The van der Waals surface area contributed by atoms with E-state index in [4.69, 9.17) is 92.8 Å². The number of halogens is 8. The molecule has 3 amide bonds. The topological polar surface area (TPSA) is 66.5 Å². The molecule has 0 aromatic heterocycles. The molecule has 4 rings (SSSR count). The Labute approximate surface area is 204 Å². The van der Waals surface area contributed by atoms with Gasteiger partial charge in [0, 0.05) is 5.02 Å². The maximum Gasteiger partial charge on any atom is 0.271 e. The summed E-state index contributed by atoms with van der Waals surface area (Å²) in [5.41, 5.74) is 2.19. The number of imide groups is 1. The Kier molecular flexibility index (Phi) is 5.10. The van der Waals surface area contributed by atoms with Crippen molar-refractivity contribution < 1.29 is 14.4 Å². The zero-order valence-electron chi connectivity index (χ0n) is 13.6. The van der Waals surface area contributed by atoms with Crippen molar-refractivity contribution in [2.75, 3.05) is 0 Å². The zero-order valence-corrected chi connectivity index (χ0v) is 19.6. The van der Waals surface area contributed by atoms with Gasteiger partial charge in [0.05, 0.1) is 32.5 Å². The van der Waals surface area contributed by atoms with Crippen LogP contribution in [0.2, 0.25) is 10.0 Å². The van der Waals surface area contributed by atoms with Crippen LogP contribution < -0.4 is 5.43 Å². The molecular formula is C16H6Cl8N2O3. The van der Waals surface area contributed by atoms with Crippen LogP contribution in [0.5, 0.6) is 0 Å². The molecule has 1 saturated heterocycles. The maximum atomic E-state index is 13.0. The van der Waals surface area contributed by atoms with Gasteiger partial charge in [-0.3, -0.25) is 19.8 Å². The van der Waals surface area contributed by atoms with Gasteiger partial charge >= 0.3 is 0 Å². The quantitative estimate of drug-likeness (QED) is 0.407. The number of benzene rings is 1. The van der Waals surface area contributed by atoms with E-state index in [1.807, 2.05) is 0 Å². The van der Waals surface area contributed by atoms with Crippen LogP contribution in [0.25, 0.3) is 0 Å². The molecule has 0 unspecified atom stereocenters. The minimum Gasteiger partial charge on any atom is -0.272 e. The summed E-state index contributed by atoms with van der Waals surface area (Å²) in [6.45, 7) is 0. The summed E-state index contributed by atoms with van der Waals surface area (Å²) in [7, 11) is 0. The molecule has 1 N–H and O–H groups in total. The minimum atomic E-state index is -2.05. The van der Waals surface area contributed by atoms with Crippen molar-refractivity contribution in [3.63, 3.8) is 0 Å². The molecule has 13 heteroatoms. The highest BCUT2D eigenvalue weighted by molar-refractivity contribution is 6.66. The van der Waals surface area contributed by atoms with Crippen LogP contribution in [0.1, 0.15) is 10.4 Å². The Morgan fingerprint density at radius 3 is 1.83 bits per heavy atom. The van der Waals surface area contributed by atoms with E-state index in [-0.39, 0.29) is 20.7 Å². The van der Waals surface area contributed by atoms with Crippen molar-refractivity contribution in [1.29, 1.82) is 0 Å². The van der Waals surface area contributed by atoms with Crippen LogP contribution in [-0.2, 0) is 9.59 Å². The largest absolute Gasteiger partial charge is 0.272 e. The lowest BCUT2D eigenvalue weighted by atomic mass is 9.84. The van der Waals surface area contributed by atoms with Crippen molar-refractivity contribution in [2.24, 2.45) is 11.8 Å². The molecule has 1 heterocycles. The van der Waals surface area contributed by atoms with Gasteiger partial charge < -0.3 is 0 Å². The predicted molar refractivity (Wildman–Crippen MR) is 113 cm³/mol. The van der Waals surface area contributed by atoms with Crippen molar-refractivity contribution in [3.8, 4) is 0 Å². The van der Waals surface area contributed by atoms with E-state index in [1.54, 1.807) is 0 Å². The molecule has 2 bridgehead atoms. The van der Waals surface area contributed by atoms with Gasteiger partial charge in [-0.1, -0.05) is 69.6 Å². The number of carbonyl (C=O) groups is 3. The number of alkyl halides is 4. The number of fused-ring (bicyclic) bond motifs is 5. The summed E-state index contributed by atoms with van der Waals surface area (Å²) in [4.78, 5) is 34.7. The van der Waals surface area contributed by atoms with E-state index >= 15 is 0 Å². The molecule has 1 aromatic carbocycles. The first-order valence-electron chi connectivity index (χ1n) is 7.77. The molecule has 0 radical (unpaired) electrons. The molecule has 0 spiro atoms. The van der Waals surface area contributed by atoms with E-state index in [2.05, 4.69) is 5.43 Å². The van der Waals surface area contributed by atoms with Gasteiger partial charge in [-0.05, 0) is 18.2 Å². The Hall–Kier alpha value is -0.110. The molecule has 154 valence electrons. The van der Waals surface area contributed by atoms with Crippen LogP contribution in [0, 0.1) is 11.8 Å². The first-order valence-corrected chi connectivity index (χ1v) is 10.8. The Morgan fingerprint density at radius 1 is 0.897 bits per heavy atom. The lowest BCUT2D eigenvalue weighted by Gasteiger charge is -2.34. The summed E-state index contributed by atoms with van der Waals surface area (Å²) in [5, 5.41) is 0.370. The van der Waals surface area contributed by atoms with Crippen molar-refractivity contribution >= 4 is 111 Å². The van der Waals surface area contributed by atoms with E-state index < -0.39 is 43.6 Å². The standard InChI is InChI=1S/C16H6Cl8N2O3/c17-4-1-2-5(6(18)3-4)11(27)25-26-12(28)7-8(13(26)29)15(22)10(20)9(19)14(7,21)16(15,23)24/h1-3,7-8H,(H,25,27)/t7-,8+,14-,15-/m1/s1. The fourth-order valence-corrected chi connectivity index (χ4v) is 7.36.